The lowest BCUT2D eigenvalue weighted by atomic mass is 9.96. The summed E-state index contributed by atoms with van der Waals surface area (Å²) in [5.74, 6) is 0.421. The van der Waals surface area contributed by atoms with Crippen LogP contribution in [0.5, 0.6) is 5.75 Å². The van der Waals surface area contributed by atoms with E-state index < -0.39 is 6.04 Å². The summed E-state index contributed by atoms with van der Waals surface area (Å²) in [6.07, 6.45) is 5.47. The monoisotopic (exact) mass is 403 g/mol. The van der Waals surface area contributed by atoms with Crippen molar-refractivity contribution >= 4 is 28.4 Å². The van der Waals surface area contributed by atoms with Gasteiger partial charge < -0.3 is 15.4 Å². The number of nitrogens with zero attached hydrogens (tertiary/aromatic N) is 2. The van der Waals surface area contributed by atoms with Gasteiger partial charge in [0.2, 0.25) is 11.0 Å². The summed E-state index contributed by atoms with van der Waals surface area (Å²) in [6, 6.07) is 6.63. The number of aromatic nitrogens is 2. The zero-order valence-electron chi connectivity index (χ0n) is 16.0. The number of carbonyl (C=O) groups is 2. The van der Waals surface area contributed by atoms with Gasteiger partial charge in [0.15, 0.2) is 0 Å². The van der Waals surface area contributed by atoms with Crippen molar-refractivity contribution in [1.29, 1.82) is 0 Å². The van der Waals surface area contributed by atoms with Gasteiger partial charge in [-0.05, 0) is 44.0 Å². The van der Waals surface area contributed by atoms with Crippen LogP contribution in [0.25, 0.3) is 10.6 Å². The number of methoxy groups -OCH3 is 1. The molecule has 1 fully saturated rings. The Morgan fingerprint density at radius 2 is 1.86 bits per heavy atom. The summed E-state index contributed by atoms with van der Waals surface area (Å²) in [6.45, 7) is 1.64. The molecular formula is C19H25N5O3S. The molecular weight excluding hydrogens is 378 g/mol. The predicted molar refractivity (Wildman–Crippen MR) is 109 cm³/mol. The Balaban J connectivity index is 1.50. The number of hydrogen-bond donors (Lipinski definition) is 3. The van der Waals surface area contributed by atoms with Gasteiger partial charge >= 0.3 is 6.03 Å². The fourth-order valence-corrected chi connectivity index (χ4v) is 3.83. The fourth-order valence-electron chi connectivity index (χ4n) is 3.07. The highest BCUT2D eigenvalue weighted by molar-refractivity contribution is 7.18. The molecule has 1 aromatic heterocycles. The van der Waals surface area contributed by atoms with Gasteiger partial charge in [-0.15, -0.1) is 10.2 Å². The van der Waals surface area contributed by atoms with Crippen LogP contribution < -0.4 is 20.7 Å². The Morgan fingerprint density at radius 3 is 2.54 bits per heavy atom. The van der Waals surface area contributed by atoms with Crippen LogP contribution in [0.15, 0.2) is 24.3 Å². The normalized spacial score (nSPS) is 15.5. The van der Waals surface area contributed by atoms with E-state index in [2.05, 4.69) is 26.1 Å². The van der Waals surface area contributed by atoms with Gasteiger partial charge in [0.25, 0.3) is 0 Å². The van der Waals surface area contributed by atoms with Gasteiger partial charge in [0, 0.05) is 11.6 Å². The first-order valence-corrected chi connectivity index (χ1v) is 10.2. The van der Waals surface area contributed by atoms with Crippen LogP contribution in [0.2, 0.25) is 0 Å². The average molecular weight is 404 g/mol. The molecule has 0 unspecified atom stereocenters. The molecule has 2 aromatic rings. The summed E-state index contributed by atoms with van der Waals surface area (Å²) in [4.78, 5) is 24.4. The summed E-state index contributed by atoms with van der Waals surface area (Å²) >= 11 is 1.27. The molecule has 1 heterocycles. The third kappa shape index (κ3) is 5.41. The van der Waals surface area contributed by atoms with Crippen LogP contribution in [0.1, 0.15) is 39.0 Å². The number of urea groups is 1. The van der Waals surface area contributed by atoms with Crippen molar-refractivity contribution in [3.8, 4) is 16.3 Å². The van der Waals surface area contributed by atoms with Crippen molar-refractivity contribution in [2.45, 2.75) is 51.1 Å². The van der Waals surface area contributed by atoms with E-state index in [1.165, 1.54) is 17.8 Å². The Hall–Kier alpha value is -2.68. The molecule has 3 amide bonds. The molecule has 0 bridgehead atoms. The first-order valence-electron chi connectivity index (χ1n) is 9.41. The number of hydrogen-bond acceptors (Lipinski definition) is 6. The summed E-state index contributed by atoms with van der Waals surface area (Å²) in [5.41, 5.74) is 0.886. The average Bonchev–Trinajstić information content (AvgIpc) is 3.17. The van der Waals surface area contributed by atoms with Gasteiger partial charge in [0.05, 0.1) is 7.11 Å². The standard InChI is InChI=1S/C19H25N5O3S/c1-12(20-18(26)21-14-6-4-3-5-7-14)16(25)22-19-24-23-17(28-19)13-8-10-15(27-2)11-9-13/h8-12,14H,3-7H2,1-2H3,(H2,20,21,26)(H,22,24,25)/t12-/m1/s1. The van der Waals surface area contributed by atoms with Crippen LogP contribution in [-0.2, 0) is 4.79 Å². The van der Waals surface area contributed by atoms with Crippen molar-refractivity contribution in [2.75, 3.05) is 12.4 Å². The Bertz CT molecular complexity index is 802. The summed E-state index contributed by atoms with van der Waals surface area (Å²) < 4.78 is 5.14. The minimum atomic E-state index is -0.683. The third-order valence-electron chi connectivity index (χ3n) is 4.67. The quantitative estimate of drug-likeness (QED) is 0.687. The lowest BCUT2D eigenvalue weighted by Crippen LogP contribution is -2.49. The molecule has 0 aliphatic heterocycles. The van der Waals surface area contributed by atoms with E-state index in [0.717, 1.165) is 37.0 Å². The molecule has 1 atom stereocenters. The topological polar surface area (TPSA) is 105 Å². The maximum absolute atomic E-state index is 12.3. The molecule has 8 nitrogen and oxygen atoms in total. The van der Waals surface area contributed by atoms with Crippen molar-refractivity contribution in [3.05, 3.63) is 24.3 Å². The number of anilines is 1. The van der Waals surface area contributed by atoms with Crippen molar-refractivity contribution in [3.63, 3.8) is 0 Å². The zero-order chi connectivity index (χ0) is 19.9. The van der Waals surface area contributed by atoms with Crippen molar-refractivity contribution < 1.29 is 14.3 Å². The molecule has 3 rings (SSSR count). The van der Waals surface area contributed by atoms with Gasteiger partial charge in [0.1, 0.15) is 16.8 Å². The lowest BCUT2D eigenvalue weighted by molar-refractivity contribution is -0.117. The molecule has 28 heavy (non-hydrogen) atoms. The Morgan fingerprint density at radius 1 is 1.14 bits per heavy atom. The van der Waals surface area contributed by atoms with E-state index in [9.17, 15) is 9.59 Å². The number of ether oxygens (including phenoxy) is 1. The van der Waals surface area contributed by atoms with Crippen LogP contribution in [-0.4, -0.2) is 41.3 Å². The smallest absolute Gasteiger partial charge is 0.315 e. The van der Waals surface area contributed by atoms with Crippen LogP contribution in [0.3, 0.4) is 0 Å². The highest BCUT2D eigenvalue weighted by atomic mass is 32.1. The number of carbonyl (C=O) groups excluding carboxylic acids is 2. The summed E-state index contributed by atoms with van der Waals surface area (Å²) in [5, 5.41) is 17.5. The van der Waals surface area contributed by atoms with Gasteiger partial charge in [-0.2, -0.15) is 0 Å². The lowest BCUT2D eigenvalue weighted by Gasteiger charge is -2.23. The van der Waals surface area contributed by atoms with Crippen molar-refractivity contribution in [2.24, 2.45) is 0 Å². The Labute approximate surface area is 168 Å². The molecule has 1 aliphatic carbocycles. The largest absolute Gasteiger partial charge is 0.497 e. The van der Waals surface area contributed by atoms with Crippen LogP contribution >= 0.6 is 11.3 Å². The van der Waals surface area contributed by atoms with E-state index in [1.807, 2.05) is 24.3 Å². The SMILES string of the molecule is COc1ccc(-c2nnc(NC(=O)[C@@H](C)NC(=O)NC3CCCCC3)s2)cc1. The molecule has 0 spiro atoms. The van der Waals surface area contributed by atoms with Gasteiger partial charge in [-0.1, -0.05) is 30.6 Å². The second-order valence-electron chi connectivity index (χ2n) is 6.80. The molecule has 9 heteroatoms. The minimum absolute atomic E-state index is 0.194. The van der Waals surface area contributed by atoms with E-state index >= 15 is 0 Å². The first kappa shape index (κ1) is 20.1. The van der Waals surface area contributed by atoms with E-state index in [-0.39, 0.29) is 18.0 Å². The molecule has 150 valence electrons. The maximum Gasteiger partial charge on any atom is 0.315 e. The molecule has 0 radical (unpaired) electrons. The first-order chi connectivity index (χ1) is 13.5. The van der Waals surface area contributed by atoms with Crippen LogP contribution in [0.4, 0.5) is 9.93 Å². The number of nitrogens with one attached hydrogen (secondary N) is 3. The van der Waals surface area contributed by atoms with E-state index in [1.54, 1.807) is 14.0 Å². The molecule has 3 N–H and O–H groups in total. The highest BCUT2D eigenvalue weighted by Gasteiger charge is 2.20. The Kier molecular flexibility index (Phi) is 6.80. The van der Waals surface area contributed by atoms with E-state index in [4.69, 9.17) is 4.74 Å². The van der Waals surface area contributed by atoms with Crippen molar-refractivity contribution in [1.82, 2.24) is 20.8 Å². The van der Waals surface area contributed by atoms with E-state index in [0.29, 0.717) is 10.1 Å². The second-order valence-corrected chi connectivity index (χ2v) is 7.78. The number of amides is 3. The second kappa shape index (κ2) is 9.50. The third-order valence-corrected chi connectivity index (χ3v) is 5.56. The molecule has 1 saturated carbocycles. The fraction of sp³-hybridized carbons (Fsp3) is 0.474. The van der Waals surface area contributed by atoms with Crippen LogP contribution in [0, 0.1) is 0 Å². The predicted octanol–water partition coefficient (Wildman–Crippen LogP) is 3.17. The number of benzene rings is 1. The zero-order valence-corrected chi connectivity index (χ0v) is 16.8. The van der Waals surface area contributed by atoms with Gasteiger partial charge in [-0.3, -0.25) is 10.1 Å². The minimum Gasteiger partial charge on any atom is -0.497 e. The van der Waals surface area contributed by atoms with Gasteiger partial charge in [-0.25, -0.2) is 4.79 Å². The highest BCUT2D eigenvalue weighted by Crippen LogP contribution is 2.27. The number of rotatable bonds is 6. The molecule has 0 saturated heterocycles. The molecule has 1 aromatic carbocycles. The maximum atomic E-state index is 12.3. The summed E-state index contributed by atoms with van der Waals surface area (Å²) in [7, 11) is 1.61. The molecule has 1 aliphatic rings.